The highest BCUT2D eigenvalue weighted by Crippen LogP contribution is 2.08. The summed E-state index contributed by atoms with van der Waals surface area (Å²) in [5.41, 5.74) is 0. The van der Waals surface area contributed by atoms with Crippen LogP contribution < -0.4 is 5.32 Å². The average molecular weight is 178 g/mol. The van der Waals surface area contributed by atoms with Crippen molar-refractivity contribution in [3.05, 3.63) is 0 Å². The molecule has 1 N–H and O–H groups in total. The molecule has 1 saturated heterocycles. The topological polar surface area (TPSA) is 12.0 Å². The van der Waals surface area contributed by atoms with Crippen LogP contribution in [0.25, 0.3) is 0 Å². The summed E-state index contributed by atoms with van der Waals surface area (Å²) >= 11 is 3.42. The molecule has 1 aliphatic heterocycles. The van der Waals surface area contributed by atoms with E-state index in [4.69, 9.17) is 0 Å². The summed E-state index contributed by atoms with van der Waals surface area (Å²) in [5, 5.41) is 4.57. The zero-order valence-electron chi connectivity index (χ0n) is 4.99. The normalized spacial score (nSPS) is 28.9. The smallest absolute Gasteiger partial charge is 0.00754 e. The molecular formula is C6H12BrN. The molecule has 2 heteroatoms. The Kier molecular flexibility index (Phi) is 2.84. The molecule has 8 heavy (non-hydrogen) atoms. The van der Waals surface area contributed by atoms with Crippen LogP contribution in [-0.4, -0.2) is 17.9 Å². The van der Waals surface area contributed by atoms with Crippen molar-refractivity contribution in [1.82, 2.24) is 5.32 Å². The Morgan fingerprint density at radius 2 is 2.50 bits per heavy atom. The second kappa shape index (κ2) is 3.46. The molecule has 0 unspecified atom stereocenters. The van der Waals surface area contributed by atoms with E-state index in [1.54, 1.807) is 0 Å². The highest BCUT2D eigenvalue weighted by Gasteiger charge is 2.11. The first kappa shape index (κ1) is 6.56. The lowest BCUT2D eigenvalue weighted by molar-refractivity contribution is 0.593. The summed E-state index contributed by atoms with van der Waals surface area (Å²) in [4.78, 5) is 0. The van der Waals surface area contributed by atoms with Crippen LogP contribution in [0.3, 0.4) is 0 Å². The van der Waals surface area contributed by atoms with Crippen LogP contribution in [0.15, 0.2) is 0 Å². The molecule has 0 amide bonds. The first-order valence-electron chi connectivity index (χ1n) is 3.23. The Morgan fingerprint density at radius 3 is 3.00 bits per heavy atom. The molecule has 1 atom stereocenters. The minimum Gasteiger partial charge on any atom is -0.314 e. The highest BCUT2D eigenvalue weighted by atomic mass is 79.9. The fourth-order valence-corrected chi connectivity index (χ4v) is 1.69. The van der Waals surface area contributed by atoms with Gasteiger partial charge in [-0.3, -0.25) is 0 Å². The Bertz CT molecular complexity index is 59.5. The minimum atomic E-state index is 0.814. The van der Waals surface area contributed by atoms with Gasteiger partial charge in [-0.05, 0) is 25.8 Å². The third-order valence-electron chi connectivity index (χ3n) is 1.62. The Balaban J connectivity index is 2.06. The minimum absolute atomic E-state index is 0.814. The molecule has 0 saturated carbocycles. The van der Waals surface area contributed by atoms with Crippen LogP contribution in [0, 0.1) is 0 Å². The predicted molar refractivity (Wildman–Crippen MR) is 39.4 cm³/mol. The molecule has 1 heterocycles. The Morgan fingerprint density at radius 1 is 1.62 bits per heavy atom. The number of halogens is 1. The lowest BCUT2D eigenvalue weighted by Crippen LogP contribution is -2.21. The van der Waals surface area contributed by atoms with Gasteiger partial charge in [-0.25, -0.2) is 0 Å². The largest absolute Gasteiger partial charge is 0.314 e. The van der Waals surface area contributed by atoms with Gasteiger partial charge in [0.2, 0.25) is 0 Å². The zero-order chi connectivity index (χ0) is 5.82. The molecule has 0 radical (unpaired) electrons. The predicted octanol–water partition coefficient (Wildman–Crippen LogP) is 1.52. The van der Waals surface area contributed by atoms with Crippen LogP contribution in [-0.2, 0) is 0 Å². The monoisotopic (exact) mass is 177 g/mol. The van der Waals surface area contributed by atoms with E-state index in [1.807, 2.05) is 0 Å². The van der Waals surface area contributed by atoms with Gasteiger partial charge < -0.3 is 5.32 Å². The summed E-state index contributed by atoms with van der Waals surface area (Å²) in [7, 11) is 0. The van der Waals surface area contributed by atoms with E-state index in [0.717, 1.165) is 11.4 Å². The Hall–Kier alpha value is 0.440. The number of hydrogen-bond acceptors (Lipinski definition) is 1. The maximum absolute atomic E-state index is 3.43. The summed E-state index contributed by atoms with van der Waals surface area (Å²) in [6, 6.07) is 0.814. The first-order chi connectivity index (χ1) is 3.93. The van der Waals surface area contributed by atoms with Gasteiger partial charge in [0, 0.05) is 11.4 Å². The molecule has 0 bridgehead atoms. The molecule has 1 rings (SSSR count). The van der Waals surface area contributed by atoms with Crippen molar-refractivity contribution in [2.45, 2.75) is 25.3 Å². The van der Waals surface area contributed by atoms with E-state index in [9.17, 15) is 0 Å². The van der Waals surface area contributed by atoms with Crippen molar-refractivity contribution in [3.63, 3.8) is 0 Å². The van der Waals surface area contributed by atoms with E-state index in [2.05, 4.69) is 21.2 Å². The third kappa shape index (κ3) is 1.75. The standard InChI is InChI=1S/C6H12BrN/c7-4-3-6-2-1-5-8-6/h6,8H,1-5H2/t6-/m1/s1. The van der Waals surface area contributed by atoms with Crippen molar-refractivity contribution in [2.24, 2.45) is 0 Å². The highest BCUT2D eigenvalue weighted by molar-refractivity contribution is 9.09. The van der Waals surface area contributed by atoms with Gasteiger partial charge in [0.25, 0.3) is 0 Å². The van der Waals surface area contributed by atoms with Crippen molar-refractivity contribution >= 4 is 15.9 Å². The number of alkyl halides is 1. The van der Waals surface area contributed by atoms with Gasteiger partial charge >= 0.3 is 0 Å². The molecule has 0 aliphatic carbocycles. The molecule has 0 aromatic heterocycles. The van der Waals surface area contributed by atoms with Gasteiger partial charge in [-0.1, -0.05) is 15.9 Å². The quantitative estimate of drug-likeness (QED) is 0.632. The summed E-state index contributed by atoms with van der Waals surface area (Å²) in [6.07, 6.45) is 4.04. The van der Waals surface area contributed by atoms with Gasteiger partial charge in [0.1, 0.15) is 0 Å². The molecule has 1 nitrogen and oxygen atoms in total. The van der Waals surface area contributed by atoms with Gasteiger partial charge in [0.15, 0.2) is 0 Å². The summed E-state index contributed by atoms with van der Waals surface area (Å²) in [6.45, 7) is 1.23. The van der Waals surface area contributed by atoms with Crippen LogP contribution in [0.5, 0.6) is 0 Å². The molecule has 0 aromatic carbocycles. The number of hydrogen-bond donors (Lipinski definition) is 1. The van der Waals surface area contributed by atoms with Crippen LogP contribution in [0.2, 0.25) is 0 Å². The number of nitrogens with one attached hydrogen (secondary N) is 1. The van der Waals surface area contributed by atoms with Crippen LogP contribution >= 0.6 is 15.9 Å². The SMILES string of the molecule is BrCC[C@H]1CCCN1. The lowest BCUT2D eigenvalue weighted by atomic mass is 10.2. The van der Waals surface area contributed by atoms with E-state index < -0.39 is 0 Å². The third-order valence-corrected chi connectivity index (χ3v) is 2.08. The van der Waals surface area contributed by atoms with E-state index in [1.165, 1.54) is 25.8 Å². The van der Waals surface area contributed by atoms with E-state index >= 15 is 0 Å². The Labute approximate surface area is 59.0 Å². The average Bonchev–Trinajstić information content (AvgIpc) is 2.19. The van der Waals surface area contributed by atoms with E-state index in [0.29, 0.717) is 0 Å². The van der Waals surface area contributed by atoms with Crippen molar-refractivity contribution < 1.29 is 0 Å². The van der Waals surface area contributed by atoms with Gasteiger partial charge in [-0.2, -0.15) is 0 Å². The van der Waals surface area contributed by atoms with Gasteiger partial charge in [0.05, 0.1) is 0 Å². The molecular weight excluding hydrogens is 166 g/mol. The fourth-order valence-electron chi connectivity index (χ4n) is 1.13. The zero-order valence-corrected chi connectivity index (χ0v) is 6.58. The maximum atomic E-state index is 3.43. The summed E-state index contributed by atoms with van der Waals surface area (Å²) < 4.78 is 0. The molecule has 0 spiro atoms. The maximum Gasteiger partial charge on any atom is 0.00754 e. The second-order valence-electron chi connectivity index (χ2n) is 2.27. The second-order valence-corrected chi connectivity index (χ2v) is 3.06. The van der Waals surface area contributed by atoms with E-state index in [-0.39, 0.29) is 0 Å². The lowest BCUT2D eigenvalue weighted by Gasteiger charge is -2.04. The van der Waals surface area contributed by atoms with Crippen molar-refractivity contribution in [2.75, 3.05) is 11.9 Å². The summed E-state index contributed by atoms with van der Waals surface area (Å²) in [5.74, 6) is 0. The number of rotatable bonds is 2. The molecule has 1 aliphatic rings. The van der Waals surface area contributed by atoms with Crippen LogP contribution in [0.4, 0.5) is 0 Å². The van der Waals surface area contributed by atoms with Crippen molar-refractivity contribution in [3.8, 4) is 0 Å². The molecule has 0 aromatic rings. The molecule has 48 valence electrons. The molecule has 1 fully saturated rings. The van der Waals surface area contributed by atoms with Crippen LogP contribution in [0.1, 0.15) is 19.3 Å². The van der Waals surface area contributed by atoms with Gasteiger partial charge in [-0.15, -0.1) is 0 Å². The first-order valence-corrected chi connectivity index (χ1v) is 4.35. The van der Waals surface area contributed by atoms with Crippen molar-refractivity contribution in [1.29, 1.82) is 0 Å². The fraction of sp³-hybridized carbons (Fsp3) is 1.00.